The van der Waals surface area contributed by atoms with Crippen LogP contribution in [0.5, 0.6) is 5.75 Å². The number of benzene rings is 1. The Balaban J connectivity index is 1.89. The fourth-order valence-corrected chi connectivity index (χ4v) is 1.66. The molecule has 104 valence electrons. The highest BCUT2D eigenvalue weighted by Crippen LogP contribution is 2.29. The van der Waals surface area contributed by atoms with Gasteiger partial charge in [-0.3, -0.25) is 4.79 Å². The summed E-state index contributed by atoms with van der Waals surface area (Å²) in [5, 5.41) is 2.76. The molecule has 1 fully saturated rings. The Morgan fingerprint density at radius 1 is 1.53 bits per heavy atom. The molecule has 3 N–H and O–H groups in total. The topological polar surface area (TPSA) is 73.6 Å². The molecule has 0 aliphatic heterocycles. The maximum Gasteiger partial charge on any atom is 0.253 e. The number of carbonyl (C=O) groups is 1. The lowest BCUT2D eigenvalue weighted by atomic mass is 10.2. The minimum absolute atomic E-state index is 0.183. The number of rotatable bonds is 6. The lowest BCUT2D eigenvalue weighted by Gasteiger charge is -2.14. The summed E-state index contributed by atoms with van der Waals surface area (Å²) in [6.07, 6.45) is 1.95. The molecule has 0 aromatic heterocycles. The number of methoxy groups -OCH3 is 1. The van der Waals surface area contributed by atoms with Gasteiger partial charge in [-0.25, -0.2) is 0 Å². The standard InChI is InChI=1S/C14H20N2O3/c1-9(19-8-10-3-4-10)14(17)16-13-6-5-11(18-2)7-12(13)15/h5-7,9-10H,3-4,8,15H2,1-2H3,(H,16,17). The second kappa shape index (κ2) is 5.93. The van der Waals surface area contributed by atoms with Gasteiger partial charge in [-0.15, -0.1) is 0 Å². The Morgan fingerprint density at radius 2 is 2.26 bits per heavy atom. The quantitative estimate of drug-likeness (QED) is 0.771. The number of hydrogen-bond acceptors (Lipinski definition) is 4. The van der Waals surface area contributed by atoms with E-state index in [2.05, 4.69) is 5.32 Å². The van der Waals surface area contributed by atoms with Crippen LogP contribution < -0.4 is 15.8 Å². The third-order valence-electron chi connectivity index (χ3n) is 3.16. The van der Waals surface area contributed by atoms with Crippen LogP contribution in [0.1, 0.15) is 19.8 Å². The van der Waals surface area contributed by atoms with E-state index in [1.54, 1.807) is 32.2 Å². The number of nitrogens with two attached hydrogens (primary N) is 1. The lowest BCUT2D eigenvalue weighted by molar-refractivity contribution is -0.126. The smallest absolute Gasteiger partial charge is 0.253 e. The van der Waals surface area contributed by atoms with E-state index in [0.29, 0.717) is 29.6 Å². The van der Waals surface area contributed by atoms with Crippen molar-refractivity contribution in [3.05, 3.63) is 18.2 Å². The van der Waals surface area contributed by atoms with E-state index in [1.165, 1.54) is 12.8 Å². The highest BCUT2D eigenvalue weighted by atomic mass is 16.5. The van der Waals surface area contributed by atoms with Crippen LogP contribution in [0.3, 0.4) is 0 Å². The summed E-state index contributed by atoms with van der Waals surface area (Å²) < 4.78 is 10.6. The van der Waals surface area contributed by atoms with Crippen LogP contribution in [-0.4, -0.2) is 25.7 Å². The van der Waals surface area contributed by atoms with E-state index in [4.69, 9.17) is 15.2 Å². The third-order valence-corrected chi connectivity index (χ3v) is 3.16. The van der Waals surface area contributed by atoms with Crippen LogP contribution in [0.25, 0.3) is 0 Å². The Labute approximate surface area is 113 Å². The van der Waals surface area contributed by atoms with Crippen LogP contribution in [0.2, 0.25) is 0 Å². The molecular weight excluding hydrogens is 244 g/mol. The van der Waals surface area contributed by atoms with Gasteiger partial charge in [0.15, 0.2) is 0 Å². The number of amides is 1. The molecule has 1 atom stereocenters. The molecule has 5 nitrogen and oxygen atoms in total. The van der Waals surface area contributed by atoms with Crippen LogP contribution in [0, 0.1) is 5.92 Å². The Kier molecular flexibility index (Phi) is 4.27. The van der Waals surface area contributed by atoms with Gasteiger partial charge in [0, 0.05) is 6.07 Å². The SMILES string of the molecule is COc1ccc(NC(=O)C(C)OCC2CC2)c(N)c1. The highest BCUT2D eigenvalue weighted by Gasteiger charge is 2.24. The second-order valence-corrected chi connectivity index (χ2v) is 4.86. The molecular formula is C14H20N2O3. The van der Waals surface area contributed by atoms with E-state index < -0.39 is 6.10 Å². The number of hydrogen-bond donors (Lipinski definition) is 2. The van der Waals surface area contributed by atoms with Crippen molar-refractivity contribution < 1.29 is 14.3 Å². The molecule has 1 aliphatic rings. The van der Waals surface area contributed by atoms with Crippen LogP contribution in [-0.2, 0) is 9.53 Å². The molecule has 1 aromatic rings. The summed E-state index contributed by atoms with van der Waals surface area (Å²) in [4.78, 5) is 11.9. The van der Waals surface area contributed by atoms with E-state index in [0.717, 1.165) is 0 Å². The van der Waals surface area contributed by atoms with E-state index in [-0.39, 0.29) is 5.91 Å². The lowest BCUT2D eigenvalue weighted by Crippen LogP contribution is -2.28. The fourth-order valence-electron chi connectivity index (χ4n) is 1.66. The minimum atomic E-state index is -0.470. The molecule has 19 heavy (non-hydrogen) atoms. The summed E-state index contributed by atoms with van der Waals surface area (Å²) in [7, 11) is 1.57. The van der Waals surface area contributed by atoms with Gasteiger partial charge in [0.05, 0.1) is 25.1 Å². The van der Waals surface area contributed by atoms with Crippen molar-refractivity contribution in [2.24, 2.45) is 5.92 Å². The monoisotopic (exact) mass is 264 g/mol. The summed E-state index contributed by atoms with van der Waals surface area (Å²) >= 11 is 0. The van der Waals surface area contributed by atoms with E-state index in [9.17, 15) is 4.79 Å². The van der Waals surface area contributed by atoms with Gasteiger partial charge in [0.1, 0.15) is 11.9 Å². The molecule has 5 heteroatoms. The van der Waals surface area contributed by atoms with Gasteiger partial charge in [0.2, 0.25) is 0 Å². The first-order valence-corrected chi connectivity index (χ1v) is 6.46. The first-order chi connectivity index (χ1) is 9.10. The van der Waals surface area contributed by atoms with Crippen molar-refractivity contribution in [1.82, 2.24) is 0 Å². The zero-order valence-corrected chi connectivity index (χ0v) is 11.3. The van der Waals surface area contributed by atoms with Gasteiger partial charge < -0.3 is 20.5 Å². The van der Waals surface area contributed by atoms with Gasteiger partial charge in [-0.2, -0.15) is 0 Å². The number of anilines is 2. The van der Waals surface area contributed by atoms with E-state index in [1.807, 2.05) is 0 Å². The molecule has 0 bridgehead atoms. The first kappa shape index (κ1) is 13.7. The molecule has 1 unspecified atom stereocenters. The van der Waals surface area contributed by atoms with Gasteiger partial charge in [-0.1, -0.05) is 0 Å². The Bertz CT molecular complexity index is 458. The molecule has 0 spiro atoms. The normalized spacial score (nSPS) is 15.9. The zero-order valence-electron chi connectivity index (χ0n) is 11.3. The minimum Gasteiger partial charge on any atom is -0.497 e. The second-order valence-electron chi connectivity index (χ2n) is 4.86. The summed E-state index contributed by atoms with van der Waals surface area (Å²) in [5.41, 5.74) is 6.89. The summed E-state index contributed by atoms with van der Waals surface area (Å²) in [6.45, 7) is 2.41. The molecule has 0 radical (unpaired) electrons. The summed E-state index contributed by atoms with van der Waals surface area (Å²) in [5.74, 6) is 1.12. The average molecular weight is 264 g/mol. The van der Waals surface area contributed by atoms with Crippen LogP contribution >= 0.6 is 0 Å². The first-order valence-electron chi connectivity index (χ1n) is 6.46. The van der Waals surface area contributed by atoms with Gasteiger partial charge in [0.25, 0.3) is 5.91 Å². The van der Waals surface area contributed by atoms with Crippen molar-refractivity contribution in [2.45, 2.75) is 25.9 Å². The number of carbonyl (C=O) groups excluding carboxylic acids is 1. The Morgan fingerprint density at radius 3 is 2.84 bits per heavy atom. The summed E-state index contributed by atoms with van der Waals surface area (Å²) in [6, 6.07) is 5.15. The molecule has 2 rings (SSSR count). The average Bonchev–Trinajstić information content (AvgIpc) is 3.22. The number of ether oxygens (including phenoxy) is 2. The molecule has 0 saturated heterocycles. The molecule has 1 aliphatic carbocycles. The molecule has 0 heterocycles. The predicted molar refractivity (Wildman–Crippen MR) is 74.2 cm³/mol. The van der Waals surface area contributed by atoms with Crippen molar-refractivity contribution in [2.75, 3.05) is 24.8 Å². The Hall–Kier alpha value is -1.75. The number of nitrogen functional groups attached to an aromatic ring is 1. The molecule has 1 saturated carbocycles. The fraction of sp³-hybridized carbons (Fsp3) is 0.500. The van der Waals surface area contributed by atoms with Crippen LogP contribution in [0.15, 0.2) is 18.2 Å². The van der Waals surface area contributed by atoms with Crippen molar-refractivity contribution in [3.8, 4) is 5.75 Å². The maximum absolute atomic E-state index is 11.9. The largest absolute Gasteiger partial charge is 0.497 e. The zero-order chi connectivity index (χ0) is 13.8. The maximum atomic E-state index is 11.9. The predicted octanol–water partition coefficient (Wildman–Crippen LogP) is 2.03. The van der Waals surface area contributed by atoms with Crippen molar-refractivity contribution >= 4 is 17.3 Å². The van der Waals surface area contributed by atoms with Crippen molar-refractivity contribution in [3.63, 3.8) is 0 Å². The third kappa shape index (κ3) is 3.86. The van der Waals surface area contributed by atoms with E-state index >= 15 is 0 Å². The molecule has 1 amide bonds. The van der Waals surface area contributed by atoms with Gasteiger partial charge in [-0.05, 0) is 37.8 Å². The molecule has 1 aromatic carbocycles. The van der Waals surface area contributed by atoms with Crippen LogP contribution in [0.4, 0.5) is 11.4 Å². The van der Waals surface area contributed by atoms with Crippen molar-refractivity contribution in [1.29, 1.82) is 0 Å². The van der Waals surface area contributed by atoms with Gasteiger partial charge >= 0.3 is 0 Å². The number of nitrogens with one attached hydrogen (secondary N) is 1. The highest BCUT2D eigenvalue weighted by molar-refractivity contribution is 5.96.